The second kappa shape index (κ2) is 5.97. The average Bonchev–Trinajstić information content (AvgIpc) is 2.29. The zero-order valence-corrected chi connectivity index (χ0v) is 10.0. The van der Waals surface area contributed by atoms with Crippen LogP contribution in [0.4, 0.5) is 4.39 Å². The predicted molar refractivity (Wildman–Crippen MR) is 61.8 cm³/mol. The van der Waals surface area contributed by atoms with E-state index in [-0.39, 0.29) is 11.9 Å². The predicted octanol–water partition coefficient (Wildman–Crippen LogP) is 2.98. The second-order valence-electron chi connectivity index (χ2n) is 4.15. The highest BCUT2D eigenvalue weighted by atomic mass is 19.1. The van der Waals surface area contributed by atoms with Crippen molar-refractivity contribution in [3.8, 4) is 0 Å². The molecule has 16 heavy (non-hydrogen) atoms. The summed E-state index contributed by atoms with van der Waals surface area (Å²) in [5.74, 6) is -0.235. The van der Waals surface area contributed by atoms with Gasteiger partial charge in [-0.05, 0) is 43.9 Å². The fraction of sp³-hybridized carbons (Fsp3) is 0.538. The molecule has 0 fully saturated rings. The third kappa shape index (κ3) is 3.58. The molecule has 2 nitrogen and oxygen atoms in total. The number of benzene rings is 1. The van der Waals surface area contributed by atoms with E-state index in [1.165, 1.54) is 6.07 Å². The van der Waals surface area contributed by atoms with Crippen molar-refractivity contribution >= 4 is 0 Å². The average molecular weight is 226 g/mol. The molecule has 0 aromatic heterocycles. The highest BCUT2D eigenvalue weighted by Crippen LogP contribution is 2.21. The van der Waals surface area contributed by atoms with E-state index in [4.69, 9.17) is 4.74 Å². The molecular formula is C13H19FO2. The number of hydrogen-bond acceptors (Lipinski definition) is 2. The van der Waals surface area contributed by atoms with Gasteiger partial charge < -0.3 is 9.84 Å². The Morgan fingerprint density at radius 1 is 1.38 bits per heavy atom. The quantitative estimate of drug-likeness (QED) is 0.836. The van der Waals surface area contributed by atoms with Crippen LogP contribution >= 0.6 is 0 Å². The van der Waals surface area contributed by atoms with E-state index in [2.05, 4.69) is 0 Å². The Morgan fingerprint density at radius 3 is 2.62 bits per heavy atom. The smallest absolute Gasteiger partial charge is 0.126 e. The fourth-order valence-corrected chi connectivity index (χ4v) is 1.55. The summed E-state index contributed by atoms with van der Waals surface area (Å²) in [5.41, 5.74) is 1.33. The zero-order chi connectivity index (χ0) is 12.1. The molecule has 0 heterocycles. The molecule has 0 saturated carbocycles. The van der Waals surface area contributed by atoms with Gasteiger partial charge in [-0.3, -0.25) is 0 Å². The van der Waals surface area contributed by atoms with Crippen molar-refractivity contribution < 1.29 is 14.2 Å². The molecule has 1 N–H and O–H groups in total. The monoisotopic (exact) mass is 226 g/mol. The summed E-state index contributed by atoms with van der Waals surface area (Å²) in [6.07, 6.45) is 1.00. The number of halogens is 1. The maximum absolute atomic E-state index is 13.0. The van der Waals surface area contributed by atoms with E-state index in [1.54, 1.807) is 26.2 Å². The summed E-state index contributed by atoms with van der Waals surface area (Å²) in [7, 11) is 1.65. The largest absolute Gasteiger partial charge is 0.388 e. The molecule has 1 rings (SSSR count). The highest BCUT2D eigenvalue weighted by molar-refractivity contribution is 5.25. The number of rotatable bonds is 5. The molecule has 1 aromatic rings. The standard InChI is InChI=1S/C13H19FO2/c1-9-8-11(5-6-12(9)14)13(15)7-4-10(2)16-3/h5-6,8,10,13,15H,4,7H2,1-3H3. The van der Waals surface area contributed by atoms with E-state index in [1.807, 2.05) is 6.92 Å². The first-order valence-electron chi connectivity index (χ1n) is 5.51. The van der Waals surface area contributed by atoms with Gasteiger partial charge in [0.15, 0.2) is 0 Å². The lowest BCUT2D eigenvalue weighted by molar-refractivity contribution is 0.0851. The molecule has 2 atom stereocenters. The van der Waals surface area contributed by atoms with E-state index in [9.17, 15) is 9.50 Å². The van der Waals surface area contributed by atoms with E-state index >= 15 is 0 Å². The molecule has 0 amide bonds. The number of ether oxygens (including phenoxy) is 1. The Labute approximate surface area is 96.1 Å². The van der Waals surface area contributed by atoms with E-state index < -0.39 is 6.10 Å². The van der Waals surface area contributed by atoms with E-state index in [0.29, 0.717) is 12.0 Å². The van der Waals surface area contributed by atoms with Gasteiger partial charge in [0.2, 0.25) is 0 Å². The zero-order valence-electron chi connectivity index (χ0n) is 10.0. The maximum Gasteiger partial charge on any atom is 0.126 e. The molecule has 0 radical (unpaired) electrons. The lowest BCUT2D eigenvalue weighted by atomic mass is 10.0. The molecule has 0 saturated heterocycles. The van der Waals surface area contributed by atoms with Crippen LogP contribution in [0.3, 0.4) is 0 Å². The molecular weight excluding hydrogens is 207 g/mol. The minimum atomic E-state index is -0.545. The summed E-state index contributed by atoms with van der Waals surface area (Å²) >= 11 is 0. The van der Waals surface area contributed by atoms with Crippen molar-refractivity contribution in [1.82, 2.24) is 0 Å². The number of aryl methyl sites for hydroxylation is 1. The molecule has 0 aliphatic rings. The summed E-state index contributed by atoms with van der Waals surface area (Å²) in [6.45, 7) is 3.66. The molecule has 2 unspecified atom stereocenters. The van der Waals surface area contributed by atoms with Crippen molar-refractivity contribution in [2.24, 2.45) is 0 Å². The van der Waals surface area contributed by atoms with Crippen molar-refractivity contribution in [1.29, 1.82) is 0 Å². The van der Waals surface area contributed by atoms with Gasteiger partial charge in [0.05, 0.1) is 12.2 Å². The van der Waals surface area contributed by atoms with Crippen molar-refractivity contribution in [2.45, 2.75) is 38.9 Å². The Kier molecular flexibility index (Phi) is 4.90. The first-order chi connectivity index (χ1) is 7.54. The van der Waals surface area contributed by atoms with Crippen LogP contribution in [0.15, 0.2) is 18.2 Å². The van der Waals surface area contributed by atoms with Gasteiger partial charge in [-0.2, -0.15) is 0 Å². The van der Waals surface area contributed by atoms with Crippen LogP contribution in [0.2, 0.25) is 0 Å². The van der Waals surface area contributed by atoms with Crippen LogP contribution in [-0.4, -0.2) is 18.3 Å². The molecule has 3 heteroatoms. The third-order valence-corrected chi connectivity index (χ3v) is 2.82. The molecule has 90 valence electrons. The van der Waals surface area contributed by atoms with Crippen LogP contribution in [-0.2, 0) is 4.74 Å². The minimum absolute atomic E-state index is 0.135. The molecule has 0 bridgehead atoms. The van der Waals surface area contributed by atoms with Crippen molar-refractivity contribution in [2.75, 3.05) is 7.11 Å². The van der Waals surface area contributed by atoms with Crippen LogP contribution in [0.25, 0.3) is 0 Å². The van der Waals surface area contributed by atoms with Gasteiger partial charge >= 0.3 is 0 Å². The Hall–Kier alpha value is -0.930. The number of methoxy groups -OCH3 is 1. The number of aliphatic hydroxyl groups excluding tert-OH is 1. The molecule has 0 spiro atoms. The van der Waals surface area contributed by atoms with E-state index in [0.717, 1.165) is 12.0 Å². The maximum atomic E-state index is 13.0. The van der Waals surface area contributed by atoms with Gasteiger partial charge in [0, 0.05) is 7.11 Å². The van der Waals surface area contributed by atoms with Crippen molar-refractivity contribution in [3.63, 3.8) is 0 Å². The SMILES string of the molecule is COC(C)CCC(O)c1ccc(F)c(C)c1. The van der Waals surface area contributed by atoms with Gasteiger partial charge in [-0.1, -0.05) is 12.1 Å². The van der Waals surface area contributed by atoms with Crippen LogP contribution in [0.5, 0.6) is 0 Å². The van der Waals surface area contributed by atoms with Crippen LogP contribution < -0.4 is 0 Å². The Balaban J connectivity index is 2.59. The lowest BCUT2D eigenvalue weighted by Crippen LogP contribution is -2.08. The second-order valence-corrected chi connectivity index (χ2v) is 4.15. The summed E-state index contributed by atoms with van der Waals surface area (Å²) < 4.78 is 18.1. The van der Waals surface area contributed by atoms with Gasteiger partial charge in [-0.15, -0.1) is 0 Å². The van der Waals surface area contributed by atoms with Gasteiger partial charge in [0.1, 0.15) is 5.82 Å². The number of aliphatic hydroxyl groups is 1. The Bertz CT molecular complexity index is 339. The highest BCUT2D eigenvalue weighted by Gasteiger charge is 2.11. The Morgan fingerprint density at radius 2 is 2.06 bits per heavy atom. The van der Waals surface area contributed by atoms with Gasteiger partial charge in [0.25, 0.3) is 0 Å². The van der Waals surface area contributed by atoms with Crippen LogP contribution in [0.1, 0.15) is 37.0 Å². The fourth-order valence-electron chi connectivity index (χ4n) is 1.55. The van der Waals surface area contributed by atoms with Gasteiger partial charge in [-0.25, -0.2) is 4.39 Å². The molecule has 0 aliphatic carbocycles. The summed E-state index contributed by atoms with van der Waals surface area (Å²) in [6, 6.07) is 4.72. The summed E-state index contributed by atoms with van der Waals surface area (Å²) in [4.78, 5) is 0. The summed E-state index contributed by atoms with van der Waals surface area (Å²) in [5, 5.41) is 9.90. The topological polar surface area (TPSA) is 29.5 Å². The first kappa shape index (κ1) is 13.1. The third-order valence-electron chi connectivity index (χ3n) is 2.82. The minimum Gasteiger partial charge on any atom is -0.388 e. The number of hydrogen-bond donors (Lipinski definition) is 1. The molecule has 1 aromatic carbocycles. The van der Waals surface area contributed by atoms with Crippen LogP contribution in [0, 0.1) is 12.7 Å². The molecule has 0 aliphatic heterocycles. The van der Waals surface area contributed by atoms with Crippen molar-refractivity contribution in [3.05, 3.63) is 35.1 Å². The first-order valence-corrected chi connectivity index (χ1v) is 5.51. The lowest BCUT2D eigenvalue weighted by Gasteiger charge is -2.14. The normalized spacial score (nSPS) is 14.8.